The maximum atomic E-state index is 14.0. The summed E-state index contributed by atoms with van der Waals surface area (Å²) >= 11 is 6.00. The maximum absolute atomic E-state index is 14.0. The smallest absolute Gasteiger partial charge is 0.369 e. The number of benzene rings is 2. The van der Waals surface area contributed by atoms with Crippen LogP contribution in [-0.4, -0.2) is 24.1 Å². The largest absolute Gasteiger partial charge is 0.419 e. The number of carbonyl (C=O) groups is 1. The number of primary amides is 1. The molecule has 1 aromatic heterocycles. The van der Waals surface area contributed by atoms with Crippen molar-refractivity contribution in [2.24, 2.45) is 10.9 Å². The molecule has 0 unspecified atom stereocenters. The number of nitrogens with zero attached hydrogens (tertiary/aromatic N) is 2. The summed E-state index contributed by atoms with van der Waals surface area (Å²) in [5.74, 6) is -3.67. The average molecular weight is 495 g/mol. The summed E-state index contributed by atoms with van der Waals surface area (Å²) in [5, 5.41) is 8.40. The van der Waals surface area contributed by atoms with E-state index in [1.54, 1.807) is 0 Å². The van der Waals surface area contributed by atoms with Gasteiger partial charge in [0.25, 0.3) is 0 Å². The van der Waals surface area contributed by atoms with Crippen LogP contribution in [0.2, 0.25) is 5.02 Å². The lowest BCUT2D eigenvalue weighted by Gasteiger charge is -2.18. The van der Waals surface area contributed by atoms with Crippen LogP contribution in [0.4, 0.5) is 22.0 Å². The monoisotopic (exact) mass is 494 g/mol. The first-order chi connectivity index (χ1) is 14.7. The van der Waals surface area contributed by atoms with Crippen molar-refractivity contribution in [3.05, 3.63) is 64.4 Å². The van der Waals surface area contributed by atoms with Gasteiger partial charge in [0.05, 0.1) is 28.9 Å². The summed E-state index contributed by atoms with van der Waals surface area (Å²) in [7, 11) is -4.75. The van der Waals surface area contributed by atoms with Gasteiger partial charge in [-0.1, -0.05) is 17.7 Å². The number of aromatic nitrogens is 2. The first kappa shape index (κ1) is 23.6. The van der Waals surface area contributed by atoms with Gasteiger partial charge >= 0.3 is 6.18 Å². The van der Waals surface area contributed by atoms with E-state index in [1.165, 1.54) is 0 Å². The molecule has 0 radical (unpaired) electrons. The van der Waals surface area contributed by atoms with Gasteiger partial charge in [-0.15, -0.1) is 0 Å². The molecule has 14 heteroatoms. The minimum Gasteiger partial charge on any atom is -0.369 e. The van der Waals surface area contributed by atoms with Gasteiger partial charge in [-0.05, 0) is 23.8 Å². The topological polar surface area (TPSA) is 121 Å². The lowest BCUT2D eigenvalue weighted by molar-refractivity contribution is -0.137. The molecule has 0 spiro atoms. The van der Waals surface area contributed by atoms with Gasteiger partial charge in [0.2, 0.25) is 15.9 Å². The summed E-state index contributed by atoms with van der Waals surface area (Å²) in [4.78, 5) is 10.7. The lowest BCUT2D eigenvalue weighted by atomic mass is 9.96. The van der Waals surface area contributed by atoms with Crippen molar-refractivity contribution in [2.45, 2.75) is 17.5 Å². The Morgan fingerprint density at radius 1 is 1.16 bits per heavy atom. The van der Waals surface area contributed by atoms with E-state index in [9.17, 15) is 35.2 Å². The number of primary sulfonamides is 1. The highest BCUT2D eigenvalue weighted by atomic mass is 35.5. The molecular weight excluding hydrogens is 483 g/mol. The van der Waals surface area contributed by atoms with Gasteiger partial charge in [-0.3, -0.25) is 4.79 Å². The third-order valence-electron chi connectivity index (χ3n) is 4.31. The molecule has 0 atom stereocenters. The molecule has 0 aliphatic heterocycles. The Labute approximate surface area is 182 Å². The quantitative estimate of drug-likeness (QED) is 0.418. The molecule has 1 amide bonds. The Hall–Kier alpha value is -3.03. The van der Waals surface area contributed by atoms with Crippen LogP contribution >= 0.6 is 11.6 Å². The van der Waals surface area contributed by atoms with E-state index < -0.39 is 66.9 Å². The molecule has 0 saturated carbocycles. The Morgan fingerprint density at radius 3 is 2.31 bits per heavy atom. The summed E-state index contributed by atoms with van der Waals surface area (Å²) in [6.07, 6.45) is -4.39. The van der Waals surface area contributed by atoms with Crippen molar-refractivity contribution in [3.63, 3.8) is 0 Å². The number of sulfonamides is 1. The van der Waals surface area contributed by atoms with Crippen molar-refractivity contribution in [1.29, 1.82) is 0 Å². The molecule has 0 aliphatic rings. The molecule has 1 heterocycles. The zero-order valence-electron chi connectivity index (χ0n) is 15.6. The molecule has 0 bridgehead atoms. The first-order valence-corrected chi connectivity index (χ1v) is 10.4. The molecule has 4 N–H and O–H groups in total. The number of hydrogen-bond donors (Lipinski definition) is 2. The standard InChI is InChI=1S/C18H12ClF5N4O3S/c19-11-5-13(21)12(20)4-10(11)16-8(3-15(25)29)1-2-14(17(16)32(26,30)31)28-7-9(6-27-28)18(22,23)24/h1-2,4-7H,3H2,(H2,25,29)(H2,26,30,31). The summed E-state index contributed by atoms with van der Waals surface area (Å²) in [5.41, 5.74) is 2.65. The number of hydrogen-bond acceptors (Lipinski definition) is 4. The van der Waals surface area contributed by atoms with Crippen LogP contribution in [0.3, 0.4) is 0 Å². The van der Waals surface area contributed by atoms with E-state index in [-0.39, 0.29) is 11.1 Å². The molecule has 0 saturated heterocycles. The summed E-state index contributed by atoms with van der Waals surface area (Å²) < 4.78 is 92.2. The number of amides is 1. The first-order valence-electron chi connectivity index (χ1n) is 8.44. The van der Waals surface area contributed by atoms with Crippen LogP contribution in [0.5, 0.6) is 0 Å². The summed E-state index contributed by atoms with van der Waals surface area (Å²) in [6.45, 7) is 0. The Bertz CT molecular complexity index is 1340. The van der Waals surface area contributed by atoms with Crippen LogP contribution in [-0.2, 0) is 27.4 Å². The second kappa shape index (κ2) is 8.15. The van der Waals surface area contributed by atoms with Crippen molar-refractivity contribution in [1.82, 2.24) is 9.78 Å². The second-order valence-corrected chi connectivity index (χ2v) is 8.46. The van der Waals surface area contributed by atoms with E-state index >= 15 is 0 Å². The minimum atomic E-state index is -4.78. The molecule has 3 rings (SSSR count). The highest BCUT2D eigenvalue weighted by molar-refractivity contribution is 7.89. The number of rotatable bonds is 5. The number of carbonyl (C=O) groups excluding carboxylic acids is 1. The highest BCUT2D eigenvalue weighted by Gasteiger charge is 2.33. The van der Waals surface area contributed by atoms with Crippen LogP contribution < -0.4 is 10.9 Å². The van der Waals surface area contributed by atoms with E-state index in [0.717, 1.165) is 12.1 Å². The van der Waals surface area contributed by atoms with Crippen LogP contribution in [0.1, 0.15) is 11.1 Å². The van der Waals surface area contributed by atoms with E-state index in [4.69, 9.17) is 22.5 Å². The van der Waals surface area contributed by atoms with Gasteiger partial charge in [0, 0.05) is 17.3 Å². The fourth-order valence-corrected chi connectivity index (χ4v) is 4.25. The van der Waals surface area contributed by atoms with Crippen molar-refractivity contribution in [2.75, 3.05) is 0 Å². The maximum Gasteiger partial charge on any atom is 0.419 e. The normalized spacial score (nSPS) is 12.2. The van der Waals surface area contributed by atoms with Gasteiger partial charge in [0.1, 0.15) is 4.90 Å². The van der Waals surface area contributed by atoms with Crippen LogP contribution in [0, 0.1) is 11.6 Å². The lowest BCUT2D eigenvalue weighted by Crippen LogP contribution is -2.20. The number of alkyl halides is 3. The van der Waals surface area contributed by atoms with E-state index in [2.05, 4.69) is 5.10 Å². The zero-order valence-corrected chi connectivity index (χ0v) is 17.2. The predicted molar refractivity (Wildman–Crippen MR) is 103 cm³/mol. The van der Waals surface area contributed by atoms with Crippen LogP contribution in [0.25, 0.3) is 16.8 Å². The molecule has 32 heavy (non-hydrogen) atoms. The average Bonchev–Trinajstić information content (AvgIpc) is 3.14. The number of halogens is 6. The molecule has 0 aliphatic carbocycles. The molecule has 170 valence electrons. The summed E-state index contributed by atoms with van der Waals surface area (Å²) in [6, 6.07) is 3.34. The molecule has 3 aromatic rings. The molecule has 7 nitrogen and oxygen atoms in total. The molecular formula is C18H12ClF5N4O3S. The minimum absolute atomic E-state index is 0.0959. The number of nitrogens with two attached hydrogens (primary N) is 2. The zero-order chi connectivity index (χ0) is 24.0. The van der Waals surface area contributed by atoms with Gasteiger partial charge < -0.3 is 5.73 Å². The predicted octanol–water partition coefficient (Wildman–Crippen LogP) is 3.16. The van der Waals surface area contributed by atoms with Crippen molar-refractivity contribution >= 4 is 27.5 Å². The second-order valence-electron chi connectivity index (χ2n) is 6.55. The highest BCUT2D eigenvalue weighted by Crippen LogP contribution is 2.40. The Balaban J connectivity index is 2.45. The molecule has 2 aromatic carbocycles. The van der Waals surface area contributed by atoms with Crippen LogP contribution in [0.15, 0.2) is 41.6 Å². The van der Waals surface area contributed by atoms with Crippen molar-refractivity contribution in [3.8, 4) is 16.8 Å². The third kappa shape index (κ3) is 4.59. The fraction of sp³-hybridized carbons (Fsp3) is 0.111. The Morgan fingerprint density at radius 2 is 1.78 bits per heavy atom. The fourth-order valence-electron chi connectivity index (χ4n) is 3.03. The molecule has 0 fully saturated rings. The van der Waals surface area contributed by atoms with Crippen molar-refractivity contribution < 1.29 is 35.2 Å². The van der Waals surface area contributed by atoms with Gasteiger partial charge in [-0.2, -0.15) is 18.3 Å². The Kier molecular flexibility index (Phi) is 6.02. The van der Waals surface area contributed by atoms with Gasteiger partial charge in [-0.25, -0.2) is 27.0 Å². The van der Waals surface area contributed by atoms with E-state index in [1.807, 2.05) is 0 Å². The van der Waals surface area contributed by atoms with Gasteiger partial charge in [0.15, 0.2) is 11.6 Å². The van der Waals surface area contributed by atoms with E-state index in [0.29, 0.717) is 29.2 Å². The SMILES string of the molecule is NC(=O)Cc1ccc(-n2cc(C(F)(F)F)cn2)c(S(N)(=O)=O)c1-c1cc(F)c(F)cc1Cl. The third-order valence-corrected chi connectivity index (χ3v) is 5.60.